The third-order valence-electron chi connectivity index (χ3n) is 4.81. The Balaban J connectivity index is 1.38. The first-order chi connectivity index (χ1) is 14.5. The number of hydrazine groups is 1. The molecule has 2 aromatic carbocycles. The molecule has 0 N–H and O–H groups in total. The van der Waals surface area contributed by atoms with Gasteiger partial charge >= 0.3 is 5.69 Å². The molecule has 30 heavy (non-hydrogen) atoms. The number of benzene rings is 2. The van der Waals surface area contributed by atoms with Gasteiger partial charge in [-0.05, 0) is 30.2 Å². The highest BCUT2D eigenvalue weighted by atomic mass is 16.7. The minimum atomic E-state index is -0.573. The second-order valence-corrected chi connectivity index (χ2v) is 6.77. The van der Waals surface area contributed by atoms with Crippen molar-refractivity contribution in [2.24, 2.45) is 0 Å². The third kappa shape index (κ3) is 3.97. The van der Waals surface area contributed by atoms with Gasteiger partial charge in [-0.1, -0.05) is 18.2 Å². The molecule has 0 radical (unpaired) electrons. The van der Waals surface area contributed by atoms with Crippen molar-refractivity contribution in [1.82, 2.24) is 10.0 Å². The van der Waals surface area contributed by atoms with Gasteiger partial charge in [-0.3, -0.25) is 24.7 Å². The molecular formula is C20H19N3O7. The lowest BCUT2D eigenvalue weighted by molar-refractivity contribution is -0.385. The van der Waals surface area contributed by atoms with Crippen LogP contribution in [0.25, 0.3) is 0 Å². The topological polar surface area (TPSA) is 111 Å². The molecule has 0 unspecified atom stereocenters. The Morgan fingerprint density at radius 1 is 1.03 bits per heavy atom. The molecule has 0 aromatic heterocycles. The molecule has 2 heterocycles. The highest BCUT2D eigenvalue weighted by molar-refractivity contribution is 5.84. The number of amides is 2. The molecule has 10 heteroatoms. The van der Waals surface area contributed by atoms with Crippen LogP contribution in [-0.2, 0) is 16.0 Å². The molecule has 0 bridgehead atoms. The third-order valence-corrected chi connectivity index (χ3v) is 4.81. The van der Waals surface area contributed by atoms with Gasteiger partial charge in [0.05, 0.1) is 11.3 Å². The lowest BCUT2D eigenvalue weighted by Crippen LogP contribution is -2.47. The van der Waals surface area contributed by atoms with E-state index in [9.17, 15) is 19.7 Å². The SMILES string of the molecule is O=C(COc1ccccc1[N+](=O)[O-])N1CCCN1C(=O)Cc1ccc2c(c1)OCO2. The van der Waals surface area contributed by atoms with Crippen molar-refractivity contribution in [3.63, 3.8) is 0 Å². The fraction of sp³-hybridized carbons (Fsp3) is 0.300. The van der Waals surface area contributed by atoms with Crippen LogP contribution >= 0.6 is 0 Å². The van der Waals surface area contributed by atoms with Crippen LogP contribution in [0.2, 0.25) is 0 Å². The molecular weight excluding hydrogens is 394 g/mol. The molecule has 0 aliphatic carbocycles. The number of carbonyl (C=O) groups is 2. The first kappa shape index (κ1) is 19.5. The number of hydrogen-bond acceptors (Lipinski definition) is 7. The maximum Gasteiger partial charge on any atom is 0.310 e. The van der Waals surface area contributed by atoms with E-state index in [1.807, 2.05) is 0 Å². The molecule has 4 rings (SSSR count). The van der Waals surface area contributed by atoms with E-state index in [-0.39, 0.29) is 30.6 Å². The molecule has 0 saturated carbocycles. The van der Waals surface area contributed by atoms with Crippen LogP contribution in [0, 0.1) is 10.1 Å². The van der Waals surface area contributed by atoms with Crippen molar-refractivity contribution in [2.45, 2.75) is 12.8 Å². The van der Waals surface area contributed by atoms with Crippen molar-refractivity contribution in [3.8, 4) is 17.2 Å². The van der Waals surface area contributed by atoms with Crippen LogP contribution in [0.15, 0.2) is 42.5 Å². The Hall–Kier alpha value is -3.82. The maximum absolute atomic E-state index is 12.8. The van der Waals surface area contributed by atoms with Gasteiger partial charge in [0.25, 0.3) is 5.91 Å². The lowest BCUT2D eigenvalue weighted by Gasteiger charge is -2.28. The van der Waals surface area contributed by atoms with Crippen LogP contribution < -0.4 is 14.2 Å². The van der Waals surface area contributed by atoms with Crippen molar-refractivity contribution >= 4 is 17.5 Å². The summed E-state index contributed by atoms with van der Waals surface area (Å²) in [5, 5.41) is 13.8. The molecule has 2 aliphatic heterocycles. The van der Waals surface area contributed by atoms with Crippen LogP contribution in [0.5, 0.6) is 17.2 Å². The van der Waals surface area contributed by atoms with Crippen molar-refractivity contribution < 1.29 is 28.7 Å². The number of nitro groups is 1. The number of fused-ring (bicyclic) bond motifs is 1. The number of nitro benzene ring substituents is 1. The highest BCUT2D eigenvalue weighted by Gasteiger charge is 2.31. The van der Waals surface area contributed by atoms with E-state index in [1.54, 1.807) is 24.3 Å². The van der Waals surface area contributed by atoms with Gasteiger partial charge in [-0.25, -0.2) is 5.01 Å². The van der Waals surface area contributed by atoms with Gasteiger partial charge in [0, 0.05) is 19.2 Å². The number of para-hydroxylation sites is 2. The minimum Gasteiger partial charge on any atom is -0.477 e. The average Bonchev–Trinajstić information content (AvgIpc) is 3.41. The zero-order chi connectivity index (χ0) is 21.1. The van der Waals surface area contributed by atoms with E-state index >= 15 is 0 Å². The molecule has 1 fully saturated rings. The molecule has 2 amide bonds. The fourth-order valence-electron chi connectivity index (χ4n) is 3.39. The zero-order valence-electron chi connectivity index (χ0n) is 16.0. The Bertz CT molecular complexity index is 994. The van der Waals surface area contributed by atoms with E-state index in [0.717, 1.165) is 5.56 Å². The van der Waals surface area contributed by atoms with Crippen molar-refractivity contribution in [3.05, 3.63) is 58.1 Å². The Morgan fingerprint density at radius 2 is 1.77 bits per heavy atom. The van der Waals surface area contributed by atoms with Gasteiger partial charge in [0.15, 0.2) is 23.9 Å². The van der Waals surface area contributed by atoms with Crippen molar-refractivity contribution in [2.75, 3.05) is 26.5 Å². The van der Waals surface area contributed by atoms with Crippen LogP contribution in [0.1, 0.15) is 12.0 Å². The molecule has 2 aliphatic rings. The van der Waals surface area contributed by atoms with Crippen LogP contribution in [0.4, 0.5) is 5.69 Å². The number of nitrogens with zero attached hydrogens (tertiary/aromatic N) is 3. The van der Waals surface area contributed by atoms with E-state index in [2.05, 4.69) is 0 Å². The van der Waals surface area contributed by atoms with Gasteiger partial charge < -0.3 is 14.2 Å². The normalized spacial score (nSPS) is 14.7. The highest BCUT2D eigenvalue weighted by Crippen LogP contribution is 2.33. The van der Waals surface area contributed by atoms with E-state index in [4.69, 9.17) is 14.2 Å². The maximum atomic E-state index is 12.8. The minimum absolute atomic E-state index is 0.00767. The Kier molecular flexibility index (Phi) is 5.38. The Labute approximate surface area is 171 Å². The van der Waals surface area contributed by atoms with E-state index in [0.29, 0.717) is 31.0 Å². The van der Waals surface area contributed by atoms with Gasteiger partial charge in [0.2, 0.25) is 12.7 Å². The molecule has 2 aromatic rings. The summed E-state index contributed by atoms with van der Waals surface area (Å²) >= 11 is 0. The van der Waals surface area contributed by atoms with E-state index in [1.165, 1.54) is 28.2 Å². The zero-order valence-corrected chi connectivity index (χ0v) is 16.0. The first-order valence-corrected chi connectivity index (χ1v) is 9.38. The number of ether oxygens (including phenoxy) is 3. The van der Waals surface area contributed by atoms with Gasteiger partial charge in [0.1, 0.15) is 0 Å². The second-order valence-electron chi connectivity index (χ2n) is 6.77. The summed E-state index contributed by atoms with van der Waals surface area (Å²) in [5.41, 5.74) is 0.530. The number of hydrogen-bond donors (Lipinski definition) is 0. The van der Waals surface area contributed by atoms with Crippen LogP contribution in [0.3, 0.4) is 0 Å². The molecule has 156 valence electrons. The van der Waals surface area contributed by atoms with Gasteiger partial charge in [-0.2, -0.15) is 0 Å². The van der Waals surface area contributed by atoms with Crippen molar-refractivity contribution in [1.29, 1.82) is 0 Å². The average molecular weight is 413 g/mol. The number of carbonyl (C=O) groups excluding carboxylic acids is 2. The summed E-state index contributed by atoms with van der Waals surface area (Å²) in [4.78, 5) is 35.9. The predicted molar refractivity (Wildman–Crippen MR) is 103 cm³/mol. The summed E-state index contributed by atoms with van der Waals surface area (Å²) in [6.45, 7) is 0.548. The molecule has 0 atom stereocenters. The Morgan fingerprint density at radius 3 is 2.57 bits per heavy atom. The quantitative estimate of drug-likeness (QED) is 0.525. The van der Waals surface area contributed by atoms with E-state index < -0.39 is 17.4 Å². The lowest BCUT2D eigenvalue weighted by atomic mass is 10.1. The summed E-state index contributed by atoms with van der Waals surface area (Å²) in [6, 6.07) is 11.1. The summed E-state index contributed by atoms with van der Waals surface area (Å²) in [7, 11) is 0. The number of rotatable bonds is 6. The largest absolute Gasteiger partial charge is 0.477 e. The fourth-order valence-corrected chi connectivity index (χ4v) is 3.39. The van der Waals surface area contributed by atoms with Crippen LogP contribution in [-0.4, -0.2) is 53.2 Å². The summed E-state index contributed by atoms with van der Waals surface area (Å²) in [6.07, 6.45) is 0.746. The predicted octanol–water partition coefficient (Wildman–Crippen LogP) is 1.92. The van der Waals surface area contributed by atoms with Gasteiger partial charge in [-0.15, -0.1) is 0 Å². The second kappa shape index (κ2) is 8.27. The standard InChI is InChI=1S/C20H19N3O7/c24-19(11-14-6-7-17-18(10-14)30-13-29-17)21-8-3-9-22(21)20(25)12-28-16-5-2-1-4-15(16)23(26)27/h1-2,4-7,10H,3,8-9,11-13H2. The first-order valence-electron chi connectivity index (χ1n) is 9.38. The molecule has 10 nitrogen and oxygen atoms in total. The monoisotopic (exact) mass is 413 g/mol. The molecule has 1 saturated heterocycles. The smallest absolute Gasteiger partial charge is 0.310 e. The molecule has 0 spiro atoms. The summed E-state index contributed by atoms with van der Waals surface area (Å²) < 4.78 is 16.0. The summed E-state index contributed by atoms with van der Waals surface area (Å²) in [5.74, 6) is 0.562.